The summed E-state index contributed by atoms with van der Waals surface area (Å²) in [5.41, 5.74) is 0. The van der Waals surface area contributed by atoms with Gasteiger partial charge in [-0.05, 0) is 43.8 Å². The maximum atomic E-state index is 2.67. The summed E-state index contributed by atoms with van der Waals surface area (Å²) < 4.78 is 2.67. The fourth-order valence-electron chi connectivity index (χ4n) is 3.02. The molecule has 2 unspecified atom stereocenters. The molecule has 0 spiro atoms. The molecule has 2 atom stereocenters. The van der Waals surface area contributed by atoms with E-state index in [4.69, 9.17) is 0 Å². The van der Waals surface area contributed by atoms with Crippen molar-refractivity contribution in [1.82, 2.24) is 4.31 Å². The number of rotatable bonds is 2. The van der Waals surface area contributed by atoms with E-state index in [1.54, 1.807) is 0 Å². The Morgan fingerprint density at radius 3 is 2.08 bits per heavy atom. The first-order valence-corrected chi connectivity index (χ1v) is 6.73. The lowest BCUT2D eigenvalue weighted by Crippen LogP contribution is -2.39. The Hall–Kier alpha value is 0.310. The lowest BCUT2D eigenvalue weighted by molar-refractivity contribution is 0.170. The Kier molecular flexibility index (Phi) is 2.89. The van der Waals surface area contributed by atoms with Gasteiger partial charge < -0.3 is 0 Å². The third kappa shape index (κ3) is 1.75. The van der Waals surface area contributed by atoms with Crippen molar-refractivity contribution in [2.24, 2.45) is 11.8 Å². The minimum atomic E-state index is 0.895. The molecule has 2 saturated heterocycles. The third-order valence-corrected chi connectivity index (χ3v) is 4.87. The molecule has 0 aliphatic carbocycles. The predicted octanol–water partition coefficient (Wildman–Crippen LogP) is 3.16. The fourth-order valence-corrected chi connectivity index (χ4v) is 4.00. The zero-order valence-corrected chi connectivity index (χ0v) is 9.81. The molecule has 0 aromatic heterocycles. The zero-order chi connectivity index (χ0) is 9.42. The van der Waals surface area contributed by atoms with E-state index in [1.165, 1.54) is 25.7 Å². The van der Waals surface area contributed by atoms with Crippen molar-refractivity contribution in [2.45, 2.75) is 51.6 Å². The maximum absolute atomic E-state index is 2.67. The van der Waals surface area contributed by atoms with Crippen LogP contribution in [0.1, 0.15) is 39.5 Å². The fraction of sp³-hybridized carbons (Fsp3) is 1.00. The number of hydrogen-bond acceptors (Lipinski definition) is 2. The molecule has 0 saturated carbocycles. The average Bonchev–Trinajstić information content (AvgIpc) is 2.34. The third-order valence-electron chi connectivity index (χ3n) is 3.86. The molecule has 0 aromatic carbocycles. The first kappa shape index (κ1) is 9.85. The Bertz CT molecular complexity index is 167. The van der Waals surface area contributed by atoms with Crippen LogP contribution in [0, 0.1) is 11.8 Å². The molecule has 1 nitrogen and oxygen atoms in total. The van der Waals surface area contributed by atoms with Crippen LogP contribution < -0.4 is 0 Å². The standard InChI is InChI=1S/C11H21NS/c1-8(2)9-6-10-4-5-11(7-9)12(10)13-3/h8-11H,4-7H2,1-3H3. The van der Waals surface area contributed by atoms with Crippen LogP contribution in [0.5, 0.6) is 0 Å². The van der Waals surface area contributed by atoms with E-state index in [0.717, 1.165) is 23.9 Å². The Balaban J connectivity index is 2.02. The van der Waals surface area contributed by atoms with Crippen LogP contribution in [0.2, 0.25) is 0 Å². The quantitative estimate of drug-likeness (QED) is 0.628. The monoisotopic (exact) mass is 199 g/mol. The Morgan fingerprint density at radius 2 is 1.69 bits per heavy atom. The molecule has 0 amide bonds. The molecule has 76 valence electrons. The summed E-state index contributed by atoms with van der Waals surface area (Å²) in [6.45, 7) is 4.78. The number of fused-ring (bicyclic) bond motifs is 2. The molecule has 2 bridgehead atoms. The lowest BCUT2D eigenvalue weighted by Gasteiger charge is -2.38. The van der Waals surface area contributed by atoms with E-state index in [0.29, 0.717) is 0 Å². The van der Waals surface area contributed by atoms with Crippen molar-refractivity contribution in [3.8, 4) is 0 Å². The summed E-state index contributed by atoms with van der Waals surface area (Å²) >= 11 is 1.97. The van der Waals surface area contributed by atoms with Crippen LogP contribution in [0.3, 0.4) is 0 Å². The van der Waals surface area contributed by atoms with Crippen molar-refractivity contribution in [3.63, 3.8) is 0 Å². The van der Waals surface area contributed by atoms with Gasteiger partial charge in [0.15, 0.2) is 0 Å². The van der Waals surface area contributed by atoms with Gasteiger partial charge in [-0.25, -0.2) is 4.31 Å². The van der Waals surface area contributed by atoms with Crippen LogP contribution in [0.4, 0.5) is 0 Å². The summed E-state index contributed by atoms with van der Waals surface area (Å²) in [4.78, 5) is 0. The van der Waals surface area contributed by atoms with Gasteiger partial charge >= 0.3 is 0 Å². The van der Waals surface area contributed by atoms with Crippen molar-refractivity contribution >= 4 is 11.9 Å². The van der Waals surface area contributed by atoms with Gasteiger partial charge in [0, 0.05) is 12.1 Å². The molecule has 2 heteroatoms. The Morgan fingerprint density at radius 1 is 1.15 bits per heavy atom. The van der Waals surface area contributed by atoms with Gasteiger partial charge in [0.2, 0.25) is 0 Å². The molecule has 0 N–H and O–H groups in total. The van der Waals surface area contributed by atoms with E-state index in [9.17, 15) is 0 Å². The van der Waals surface area contributed by atoms with Gasteiger partial charge in [-0.1, -0.05) is 25.8 Å². The summed E-state index contributed by atoms with van der Waals surface area (Å²) in [6.07, 6.45) is 8.05. The molecule has 2 fully saturated rings. The minimum absolute atomic E-state index is 0.895. The van der Waals surface area contributed by atoms with Crippen molar-refractivity contribution in [3.05, 3.63) is 0 Å². The van der Waals surface area contributed by atoms with E-state index in [-0.39, 0.29) is 0 Å². The summed E-state index contributed by atoms with van der Waals surface area (Å²) in [5.74, 6) is 1.90. The average molecular weight is 199 g/mol. The number of hydrogen-bond donors (Lipinski definition) is 0. The van der Waals surface area contributed by atoms with E-state index in [1.807, 2.05) is 11.9 Å². The molecule has 2 rings (SSSR count). The predicted molar refractivity (Wildman–Crippen MR) is 59.7 cm³/mol. The zero-order valence-electron chi connectivity index (χ0n) is 8.99. The maximum Gasteiger partial charge on any atom is 0.0208 e. The summed E-state index contributed by atoms with van der Waals surface area (Å²) in [7, 11) is 0. The van der Waals surface area contributed by atoms with E-state index in [2.05, 4.69) is 24.4 Å². The van der Waals surface area contributed by atoms with Crippen LogP contribution >= 0.6 is 11.9 Å². The molecule has 13 heavy (non-hydrogen) atoms. The SMILES string of the molecule is CSN1C2CCC1CC(C(C)C)C2. The van der Waals surface area contributed by atoms with Crippen molar-refractivity contribution < 1.29 is 0 Å². The topological polar surface area (TPSA) is 3.24 Å². The first-order valence-electron chi connectivity index (χ1n) is 5.54. The van der Waals surface area contributed by atoms with Crippen LogP contribution in [0.25, 0.3) is 0 Å². The van der Waals surface area contributed by atoms with E-state index >= 15 is 0 Å². The molecule has 0 aromatic rings. The van der Waals surface area contributed by atoms with Gasteiger partial charge in [-0.3, -0.25) is 0 Å². The molecule has 0 radical (unpaired) electrons. The minimum Gasteiger partial charge on any atom is -0.245 e. The first-order chi connectivity index (χ1) is 6.22. The Labute approximate surface area is 86.4 Å². The number of nitrogens with zero attached hydrogens (tertiary/aromatic N) is 1. The highest BCUT2D eigenvalue weighted by Crippen LogP contribution is 2.43. The summed E-state index contributed by atoms with van der Waals surface area (Å²) in [5, 5.41) is 0. The second-order valence-electron chi connectivity index (χ2n) is 4.90. The molecular weight excluding hydrogens is 178 g/mol. The van der Waals surface area contributed by atoms with Crippen molar-refractivity contribution in [2.75, 3.05) is 6.26 Å². The normalized spacial score (nSPS) is 40.2. The molecular formula is C11H21NS. The molecule has 2 aliphatic rings. The lowest BCUT2D eigenvalue weighted by atomic mass is 9.84. The smallest absolute Gasteiger partial charge is 0.0208 e. The highest BCUT2D eigenvalue weighted by atomic mass is 32.2. The second-order valence-corrected chi connectivity index (χ2v) is 5.69. The van der Waals surface area contributed by atoms with Crippen LogP contribution in [-0.2, 0) is 0 Å². The van der Waals surface area contributed by atoms with Crippen LogP contribution in [-0.4, -0.2) is 22.6 Å². The molecule has 2 heterocycles. The van der Waals surface area contributed by atoms with Crippen molar-refractivity contribution in [1.29, 1.82) is 0 Å². The largest absolute Gasteiger partial charge is 0.245 e. The van der Waals surface area contributed by atoms with Gasteiger partial charge in [-0.15, -0.1) is 0 Å². The molecule has 2 aliphatic heterocycles. The summed E-state index contributed by atoms with van der Waals surface area (Å²) in [6, 6.07) is 1.81. The van der Waals surface area contributed by atoms with Gasteiger partial charge in [0.05, 0.1) is 0 Å². The highest BCUT2D eigenvalue weighted by molar-refractivity contribution is 7.96. The highest BCUT2D eigenvalue weighted by Gasteiger charge is 2.40. The van der Waals surface area contributed by atoms with Gasteiger partial charge in [-0.2, -0.15) is 0 Å². The van der Waals surface area contributed by atoms with Gasteiger partial charge in [0.25, 0.3) is 0 Å². The number of piperidine rings is 1. The van der Waals surface area contributed by atoms with Crippen LogP contribution in [0.15, 0.2) is 0 Å². The second kappa shape index (κ2) is 3.82. The van der Waals surface area contributed by atoms with Gasteiger partial charge in [0.1, 0.15) is 0 Å². The van der Waals surface area contributed by atoms with E-state index < -0.39 is 0 Å².